The van der Waals surface area contributed by atoms with Gasteiger partial charge < -0.3 is 49.9 Å². The molecule has 20 heteroatoms. The van der Waals surface area contributed by atoms with Crippen molar-refractivity contribution in [3.8, 4) is 0 Å². The number of Topliss-reactive ketones (excluding diaryl/α,β-unsaturated/α-hetero) is 1. The Kier molecular flexibility index (Phi) is 12.7. The lowest BCUT2D eigenvalue weighted by Crippen LogP contribution is -2.82. The molecule has 1 aliphatic heterocycles. The third-order valence-electron chi connectivity index (χ3n) is 14.1. The molecule has 0 aromatic heterocycles. The predicted octanol–water partition coefficient (Wildman–Crippen LogP) is 4.32. The fourth-order valence-corrected chi connectivity index (χ4v) is 10.5. The van der Waals surface area contributed by atoms with Gasteiger partial charge in [0.2, 0.25) is 0 Å². The van der Waals surface area contributed by atoms with E-state index in [9.17, 15) is 52.5 Å². The van der Waals surface area contributed by atoms with E-state index in [1.165, 1.54) is 76.2 Å². The number of ketones is 1. The third-order valence-corrected chi connectivity index (χ3v) is 14.1. The summed E-state index contributed by atoms with van der Waals surface area (Å²) in [6, 6.07) is 12.2. The lowest BCUT2D eigenvalue weighted by molar-refractivity contribution is -0.346. The van der Waals surface area contributed by atoms with Gasteiger partial charge in [-0.3, -0.25) is 19.2 Å². The highest BCUT2D eigenvalue weighted by Gasteiger charge is 2.78. The van der Waals surface area contributed by atoms with E-state index >= 15 is 4.79 Å². The minimum Gasteiger partial charge on any atom is -0.456 e. The normalized spacial score (nSPS) is 30.3. The van der Waals surface area contributed by atoms with Crippen molar-refractivity contribution in [2.24, 2.45) is 16.7 Å². The molecule has 1 amide bonds. The SMILES string of the molecule is [3H]c1cc(C(=[N+]=[N-])C(F)(F)F)cc([3H])c1C(=O)N[C@@H](c1ccccc1)[C@@H](O)C(=O)O[C@H]1C[C@@]2(O)[C@@H](OC(=O)c3ccccc3)[C@@H]3[C@]4(OC(C)=O)CO[C@@H]4C[C@H](O)[C@@]3(C)C(=O)[C@H](OC(C)=O)C(=C1C)C2(C)C. The fraction of sp³-hybridized carbons (Fsp3) is 0.449. The minimum atomic E-state index is -5.21. The first-order chi connectivity index (χ1) is 33.1. The molecule has 17 nitrogen and oxygen atoms in total. The summed E-state index contributed by atoms with van der Waals surface area (Å²) in [4.78, 5) is 86.5. The van der Waals surface area contributed by atoms with Gasteiger partial charge in [-0.1, -0.05) is 62.4 Å². The maximum absolute atomic E-state index is 15.5. The number of esters is 4. The average molecular weight is 966 g/mol. The van der Waals surface area contributed by atoms with Crippen LogP contribution in [0.25, 0.3) is 5.53 Å². The number of aliphatic hydroxyl groups is 3. The van der Waals surface area contributed by atoms with Gasteiger partial charge in [-0.15, -0.1) is 0 Å². The number of fused-ring (bicyclic) bond motifs is 5. The number of nitrogens with one attached hydrogen (secondary N) is 1. The number of hydrogen-bond acceptors (Lipinski definition) is 14. The van der Waals surface area contributed by atoms with Crippen molar-refractivity contribution in [2.75, 3.05) is 6.61 Å². The first-order valence-electron chi connectivity index (χ1n) is 22.7. The van der Waals surface area contributed by atoms with Crippen molar-refractivity contribution in [3.05, 3.63) is 124 Å². The highest BCUT2D eigenvalue weighted by Crippen LogP contribution is 2.64. The van der Waals surface area contributed by atoms with Gasteiger partial charge in [0.1, 0.15) is 23.9 Å². The molecular formula is C49H50F3N3O14. The van der Waals surface area contributed by atoms with Crippen LogP contribution in [-0.4, -0.2) is 122 Å². The number of carbonyl (C=O) groups is 6. The molecule has 2 saturated carbocycles. The largest absolute Gasteiger partial charge is 0.495 e. The first-order valence-corrected chi connectivity index (χ1v) is 21.7. The zero-order valence-corrected chi connectivity index (χ0v) is 38.0. The van der Waals surface area contributed by atoms with E-state index < -0.39 is 154 Å². The van der Waals surface area contributed by atoms with Crippen LogP contribution < -0.4 is 5.32 Å². The monoisotopic (exact) mass is 965 g/mol. The third kappa shape index (κ3) is 8.64. The van der Waals surface area contributed by atoms with Crippen LogP contribution in [0.2, 0.25) is 0 Å². The van der Waals surface area contributed by atoms with Crippen LogP contribution in [0.15, 0.2) is 96.0 Å². The number of amides is 1. The number of carbonyl (C=O) groups excluding carboxylic acids is 6. The summed E-state index contributed by atoms with van der Waals surface area (Å²) in [6.07, 6.45) is -17.0. The second-order valence-electron chi connectivity index (χ2n) is 18.3. The number of ether oxygens (including phenoxy) is 5. The van der Waals surface area contributed by atoms with Gasteiger partial charge >= 0.3 is 35.8 Å². The number of benzene rings is 3. The molecular weight excluding hydrogens is 912 g/mol. The number of aliphatic hydroxyl groups excluding tert-OH is 2. The highest BCUT2D eigenvalue weighted by molar-refractivity contribution is 6.02. The van der Waals surface area contributed by atoms with E-state index in [1.807, 2.05) is 0 Å². The Bertz CT molecular complexity index is 2750. The molecule has 366 valence electrons. The van der Waals surface area contributed by atoms with E-state index in [1.54, 1.807) is 12.1 Å². The van der Waals surface area contributed by atoms with E-state index in [-0.39, 0.29) is 28.7 Å². The van der Waals surface area contributed by atoms with Crippen molar-refractivity contribution in [2.45, 2.75) is 114 Å². The summed E-state index contributed by atoms with van der Waals surface area (Å²) in [5.41, 5.74) is -2.96. The summed E-state index contributed by atoms with van der Waals surface area (Å²) in [5, 5.41) is 40.1. The molecule has 4 aliphatic rings. The smallest absolute Gasteiger partial charge is 0.456 e. The van der Waals surface area contributed by atoms with Crippen molar-refractivity contribution in [1.82, 2.24) is 5.32 Å². The minimum absolute atomic E-state index is 0.0139. The van der Waals surface area contributed by atoms with Crippen LogP contribution in [-0.2, 0) is 42.9 Å². The molecule has 2 bridgehead atoms. The fourth-order valence-electron chi connectivity index (χ4n) is 10.5. The Balaban J connectivity index is 1.35. The molecule has 69 heavy (non-hydrogen) atoms. The zero-order chi connectivity index (χ0) is 52.3. The quantitative estimate of drug-likeness (QED) is 0.0522. The van der Waals surface area contributed by atoms with Gasteiger partial charge in [-0.25, -0.2) is 9.59 Å². The number of halogens is 3. The van der Waals surface area contributed by atoms with Crippen molar-refractivity contribution >= 4 is 41.3 Å². The molecule has 0 spiro atoms. The van der Waals surface area contributed by atoms with E-state index in [0.717, 1.165) is 13.8 Å². The van der Waals surface area contributed by atoms with Gasteiger partial charge in [-0.05, 0) is 66.9 Å². The van der Waals surface area contributed by atoms with Crippen molar-refractivity contribution in [3.63, 3.8) is 0 Å². The molecule has 3 aromatic rings. The lowest BCUT2D eigenvalue weighted by atomic mass is 9.44. The molecule has 4 N–H and O–H groups in total. The summed E-state index contributed by atoms with van der Waals surface area (Å²) in [7, 11) is 0. The predicted molar refractivity (Wildman–Crippen MR) is 231 cm³/mol. The van der Waals surface area contributed by atoms with Crippen LogP contribution in [0.1, 0.15) is 95.0 Å². The Morgan fingerprint density at radius 3 is 2.06 bits per heavy atom. The molecule has 3 fully saturated rings. The van der Waals surface area contributed by atoms with Gasteiger partial charge in [0.25, 0.3) is 5.91 Å². The molecule has 3 aromatic carbocycles. The van der Waals surface area contributed by atoms with Gasteiger partial charge in [-0.2, -0.15) is 18.0 Å². The zero-order valence-electron chi connectivity index (χ0n) is 40.0. The van der Waals surface area contributed by atoms with Gasteiger partial charge in [0.15, 0.2) is 23.6 Å². The summed E-state index contributed by atoms with van der Waals surface area (Å²) < 4.78 is 87.4. The second kappa shape index (κ2) is 18.4. The molecule has 0 radical (unpaired) electrons. The molecule has 7 rings (SSSR count). The van der Waals surface area contributed by atoms with Crippen molar-refractivity contribution < 1.29 is 88.5 Å². The Labute approximate surface area is 396 Å². The van der Waals surface area contributed by atoms with E-state index in [4.69, 9.17) is 32.0 Å². The standard InChI is InChI=1S/C49H50F3N3O14/c1-24-31(67-44(63)36(59)35(27-13-9-7-10-14-27)54-42(61)29-19-17-28(18-20-29)39(55-53)49(50,51)52)22-48(64)41(68-43(62)30-15-11-8-12-16-30)38-46(6,32(58)21-33-47(38,23-65-33)69-26(3)57)40(60)37(66-25(2)56)34(24)45(48,4)5/h7-20,31-33,35-38,41,58-59,64H,21-23H2,1-6H3,(H,54,61)/t31-,32-,33+,35-,36+,37+,38-,41-,46+,47-,48+/m0/s1/i19T,20T. The van der Waals surface area contributed by atoms with E-state index in [2.05, 4.69) is 10.1 Å². The molecule has 1 heterocycles. The van der Waals surface area contributed by atoms with Crippen LogP contribution in [0, 0.1) is 16.7 Å². The Morgan fingerprint density at radius 2 is 1.52 bits per heavy atom. The van der Waals surface area contributed by atoms with Crippen molar-refractivity contribution in [1.29, 1.82) is 0 Å². The number of hydrogen-bond donors (Lipinski definition) is 4. The maximum atomic E-state index is 15.5. The number of alkyl halides is 3. The average Bonchev–Trinajstić information content (AvgIpc) is 3.28. The van der Waals surface area contributed by atoms with Gasteiger partial charge in [0, 0.05) is 37.7 Å². The summed E-state index contributed by atoms with van der Waals surface area (Å²) in [6.45, 7) is 7.37. The summed E-state index contributed by atoms with van der Waals surface area (Å²) in [5.74, 6) is -8.29. The Morgan fingerprint density at radius 1 is 0.913 bits per heavy atom. The van der Waals surface area contributed by atoms with E-state index in [0.29, 0.717) is 12.1 Å². The van der Waals surface area contributed by atoms with Gasteiger partial charge in [0.05, 0.1) is 44.0 Å². The first kappa shape index (κ1) is 47.5. The molecule has 3 aliphatic carbocycles. The highest BCUT2D eigenvalue weighted by atomic mass is 19.4. The van der Waals surface area contributed by atoms with Crippen LogP contribution >= 0.6 is 0 Å². The topological polar surface area (TPSA) is 258 Å². The van der Waals surface area contributed by atoms with Crippen LogP contribution in [0.3, 0.4) is 0 Å². The van der Waals surface area contributed by atoms with Crippen LogP contribution in [0.5, 0.6) is 0 Å². The lowest BCUT2D eigenvalue weighted by Gasteiger charge is -2.67. The van der Waals surface area contributed by atoms with Crippen LogP contribution in [0.4, 0.5) is 13.2 Å². The molecule has 0 unspecified atom stereocenters. The molecule has 11 atom stereocenters. The number of nitrogens with zero attached hydrogens (tertiary/aromatic N) is 2. The second-order valence-corrected chi connectivity index (χ2v) is 18.3. The maximum Gasteiger partial charge on any atom is 0.495 e. The number of rotatable bonds is 11. The molecule has 1 saturated heterocycles. The summed E-state index contributed by atoms with van der Waals surface area (Å²) >= 11 is 0. The Hall–Kier alpha value is -6.57.